The second-order valence-corrected chi connectivity index (χ2v) is 6.97. The Morgan fingerprint density at radius 2 is 0.969 bits per heavy atom. The van der Waals surface area contributed by atoms with E-state index in [2.05, 4.69) is 35.8 Å². The lowest BCUT2D eigenvalue weighted by Crippen LogP contribution is -1.85. The van der Waals surface area contributed by atoms with Gasteiger partial charge in [0.1, 0.15) is 0 Å². The van der Waals surface area contributed by atoms with E-state index in [0.717, 1.165) is 33.4 Å². The van der Waals surface area contributed by atoms with E-state index in [1.54, 1.807) is 14.2 Å². The topological polar surface area (TPSA) is 18.5 Å². The highest BCUT2D eigenvalue weighted by Crippen LogP contribution is 2.12. The first-order valence-electron chi connectivity index (χ1n) is 10.4. The first-order valence-corrected chi connectivity index (χ1v) is 10.4. The molecule has 0 radical (unpaired) electrons. The van der Waals surface area contributed by atoms with Crippen LogP contribution in [-0.2, 0) is 9.47 Å². The van der Waals surface area contributed by atoms with Crippen molar-refractivity contribution in [1.29, 1.82) is 0 Å². The summed E-state index contributed by atoms with van der Waals surface area (Å²) >= 11 is 0. The predicted molar refractivity (Wildman–Crippen MR) is 133 cm³/mol. The van der Waals surface area contributed by atoms with Gasteiger partial charge in [-0.1, -0.05) is 84.4 Å². The smallest absolute Gasteiger partial charge is 0.0646 e. The lowest BCUT2D eigenvalue weighted by Gasteiger charge is -1.99. The molecular formula is C30H26O2. The Kier molecular flexibility index (Phi) is 9.13. The quantitative estimate of drug-likeness (QED) is 0.471. The molecule has 0 spiro atoms. The van der Waals surface area contributed by atoms with Gasteiger partial charge in [-0.05, 0) is 47.5 Å². The Bertz CT molecular complexity index is 1100. The van der Waals surface area contributed by atoms with Crippen LogP contribution in [0.25, 0.3) is 12.2 Å². The molecule has 0 amide bonds. The van der Waals surface area contributed by atoms with Crippen molar-refractivity contribution < 1.29 is 9.47 Å². The summed E-state index contributed by atoms with van der Waals surface area (Å²) < 4.78 is 10.2. The first-order chi connectivity index (χ1) is 15.8. The van der Waals surface area contributed by atoms with Crippen molar-refractivity contribution in [2.75, 3.05) is 27.4 Å². The minimum atomic E-state index is 0.582. The number of rotatable bonds is 6. The molecule has 2 nitrogen and oxygen atoms in total. The van der Waals surface area contributed by atoms with E-state index in [4.69, 9.17) is 9.47 Å². The molecule has 0 aromatic heterocycles. The van der Waals surface area contributed by atoms with Gasteiger partial charge in [0.15, 0.2) is 0 Å². The van der Waals surface area contributed by atoms with E-state index in [1.165, 1.54) is 0 Å². The average molecular weight is 419 g/mol. The highest BCUT2D eigenvalue weighted by atomic mass is 16.5. The third kappa shape index (κ3) is 7.15. The largest absolute Gasteiger partial charge is 0.381 e. The Morgan fingerprint density at radius 1 is 0.562 bits per heavy atom. The molecule has 0 unspecified atom stereocenters. The molecule has 0 aliphatic rings. The molecule has 2 heteroatoms. The summed E-state index contributed by atoms with van der Waals surface area (Å²) in [5, 5.41) is 0. The van der Waals surface area contributed by atoms with E-state index < -0.39 is 0 Å². The van der Waals surface area contributed by atoms with Crippen LogP contribution in [0.1, 0.15) is 33.4 Å². The zero-order chi connectivity index (χ0) is 22.4. The summed E-state index contributed by atoms with van der Waals surface area (Å²) in [4.78, 5) is 0. The summed E-state index contributed by atoms with van der Waals surface area (Å²) in [5.41, 5.74) is 6.04. The zero-order valence-electron chi connectivity index (χ0n) is 18.5. The summed E-state index contributed by atoms with van der Waals surface area (Å²) in [6, 6.07) is 24.2. The van der Waals surface area contributed by atoms with Gasteiger partial charge >= 0.3 is 0 Å². The predicted octanol–water partition coefficient (Wildman–Crippen LogP) is 5.81. The summed E-state index contributed by atoms with van der Waals surface area (Å²) in [5.74, 6) is 13.0. The molecule has 3 aromatic carbocycles. The molecule has 3 aromatic rings. The lowest BCUT2D eigenvalue weighted by atomic mass is 10.1. The highest BCUT2D eigenvalue weighted by molar-refractivity contribution is 5.61. The molecule has 158 valence electrons. The van der Waals surface area contributed by atoms with Crippen molar-refractivity contribution in [3.8, 4) is 23.7 Å². The van der Waals surface area contributed by atoms with E-state index >= 15 is 0 Å². The van der Waals surface area contributed by atoms with Crippen LogP contribution in [0.5, 0.6) is 0 Å². The van der Waals surface area contributed by atoms with Crippen LogP contribution in [0.4, 0.5) is 0 Å². The summed E-state index contributed by atoms with van der Waals surface area (Å²) in [6.45, 7) is 1.16. The lowest BCUT2D eigenvalue weighted by molar-refractivity contribution is 0.234. The minimum absolute atomic E-state index is 0.582. The number of methoxy groups -OCH3 is 2. The van der Waals surface area contributed by atoms with E-state index in [0.29, 0.717) is 13.2 Å². The van der Waals surface area contributed by atoms with Gasteiger partial charge in [-0.2, -0.15) is 0 Å². The fourth-order valence-corrected chi connectivity index (χ4v) is 2.97. The average Bonchev–Trinajstić information content (AvgIpc) is 2.84. The second kappa shape index (κ2) is 12.8. The fourth-order valence-electron chi connectivity index (χ4n) is 2.97. The Hall–Kier alpha value is -3.82. The fraction of sp³-hybridized carbons (Fsp3) is 0.133. The SMILES string of the molecule is COCC=Cc1ccccc1C#Cc1ccc(C#Cc2ccccc2C=CCOC)cc1. The number of benzene rings is 3. The van der Waals surface area contributed by atoms with Crippen LogP contribution < -0.4 is 0 Å². The number of hydrogen-bond donors (Lipinski definition) is 0. The van der Waals surface area contributed by atoms with E-state index in [1.807, 2.05) is 85.0 Å². The molecule has 0 bridgehead atoms. The van der Waals surface area contributed by atoms with E-state index in [-0.39, 0.29) is 0 Å². The normalized spacial score (nSPS) is 10.6. The van der Waals surface area contributed by atoms with Gasteiger partial charge in [0.25, 0.3) is 0 Å². The molecule has 0 N–H and O–H groups in total. The van der Waals surface area contributed by atoms with Crippen molar-refractivity contribution in [3.05, 3.63) is 118 Å². The van der Waals surface area contributed by atoms with Crippen molar-refractivity contribution >= 4 is 12.2 Å². The third-order valence-corrected chi connectivity index (χ3v) is 4.61. The monoisotopic (exact) mass is 418 g/mol. The Labute approximate surface area is 191 Å². The summed E-state index contributed by atoms with van der Waals surface area (Å²) in [7, 11) is 3.37. The standard InChI is InChI=1S/C30H26O2/c1-31-23-7-13-27-9-3-5-11-29(27)21-19-25-15-17-26(18-16-25)20-22-30-12-6-4-10-28(30)14-8-24-32-2/h3-18H,23-24H2,1-2H3. The molecule has 0 aliphatic carbocycles. The Balaban J connectivity index is 1.74. The van der Waals surface area contributed by atoms with Crippen LogP contribution in [0.3, 0.4) is 0 Å². The van der Waals surface area contributed by atoms with Crippen molar-refractivity contribution in [3.63, 3.8) is 0 Å². The zero-order valence-corrected chi connectivity index (χ0v) is 18.5. The van der Waals surface area contributed by atoms with E-state index in [9.17, 15) is 0 Å². The molecular weight excluding hydrogens is 392 g/mol. The Morgan fingerprint density at radius 3 is 1.38 bits per heavy atom. The number of hydrogen-bond acceptors (Lipinski definition) is 2. The molecule has 0 saturated carbocycles. The molecule has 32 heavy (non-hydrogen) atoms. The van der Waals surface area contributed by atoms with Crippen LogP contribution in [-0.4, -0.2) is 27.4 Å². The molecule has 0 heterocycles. The van der Waals surface area contributed by atoms with Crippen molar-refractivity contribution in [2.45, 2.75) is 0 Å². The minimum Gasteiger partial charge on any atom is -0.381 e. The highest BCUT2D eigenvalue weighted by Gasteiger charge is 1.96. The molecule has 0 aliphatic heterocycles. The third-order valence-electron chi connectivity index (χ3n) is 4.61. The van der Waals surface area contributed by atoms with Crippen molar-refractivity contribution in [2.24, 2.45) is 0 Å². The maximum Gasteiger partial charge on any atom is 0.0646 e. The van der Waals surface area contributed by atoms with Crippen molar-refractivity contribution in [1.82, 2.24) is 0 Å². The van der Waals surface area contributed by atoms with Gasteiger partial charge < -0.3 is 9.47 Å². The molecule has 0 saturated heterocycles. The maximum absolute atomic E-state index is 5.08. The number of ether oxygens (including phenoxy) is 2. The van der Waals surface area contributed by atoms with Gasteiger partial charge in [0.05, 0.1) is 13.2 Å². The van der Waals surface area contributed by atoms with Gasteiger partial charge in [-0.3, -0.25) is 0 Å². The van der Waals surface area contributed by atoms with Gasteiger partial charge in [0, 0.05) is 36.5 Å². The molecule has 0 fully saturated rings. The maximum atomic E-state index is 5.08. The molecule has 3 rings (SSSR count). The van der Waals surface area contributed by atoms with Crippen LogP contribution in [0, 0.1) is 23.7 Å². The van der Waals surface area contributed by atoms with Gasteiger partial charge in [0.2, 0.25) is 0 Å². The summed E-state index contributed by atoms with van der Waals surface area (Å²) in [6.07, 6.45) is 8.04. The molecule has 0 atom stereocenters. The first kappa shape index (κ1) is 22.9. The van der Waals surface area contributed by atoms with Crippen LogP contribution in [0.2, 0.25) is 0 Å². The van der Waals surface area contributed by atoms with Crippen LogP contribution >= 0.6 is 0 Å². The second-order valence-electron chi connectivity index (χ2n) is 6.97. The van der Waals surface area contributed by atoms with Crippen LogP contribution in [0.15, 0.2) is 84.9 Å². The van der Waals surface area contributed by atoms with Gasteiger partial charge in [-0.25, -0.2) is 0 Å². The van der Waals surface area contributed by atoms with Gasteiger partial charge in [-0.15, -0.1) is 0 Å².